The van der Waals surface area contributed by atoms with Gasteiger partial charge in [-0.1, -0.05) is 18.2 Å². The Kier molecular flexibility index (Phi) is 3.26. The molecule has 5 atom stereocenters. The number of benzene rings is 1. The number of amides is 1. The zero-order valence-electron chi connectivity index (χ0n) is 14.6. The summed E-state index contributed by atoms with van der Waals surface area (Å²) >= 11 is 0. The van der Waals surface area contributed by atoms with Gasteiger partial charge >= 0.3 is 5.97 Å². The van der Waals surface area contributed by atoms with Crippen LogP contribution in [0.15, 0.2) is 36.1 Å². The number of carboxylic acids is 1. The van der Waals surface area contributed by atoms with Gasteiger partial charge in [-0.15, -0.1) is 0 Å². The minimum Gasteiger partial charge on any atom is -0.497 e. The molecular formula is C20H22N2O4. The molecule has 0 aromatic heterocycles. The topological polar surface area (TPSA) is 78.9 Å². The van der Waals surface area contributed by atoms with Crippen LogP contribution in [0.2, 0.25) is 0 Å². The fourth-order valence-electron chi connectivity index (χ4n) is 5.66. The van der Waals surface area contributed by atoms with Crippen molar-refractivity contribution in [2.24, 2.45) is 11.8 Å². The summed E-state index contributed by atoms with van der Waals surface area (Å²) in [6, 6.07) is 7.95. The lowest BCUT2D eigenvalue weighted by molar-refractivity contribution is -0.135. The predicted octanol–water partition coefficient (Wildman–Crippen LogP) is 1.97. The first-order valence-electron chi connectivity index (χ1n) is 9.26. The van der Waals surface area contributed by atoms with Crippen molar-refractivity contribution < 1.29 is 19.4 Å². The van der Waals surface area contributed by atoms with E-state index in [4.69, 9.17) is 4.74 Å². The summed E-state index contributed by atoms with van der Waals surface area (Å²) in [5.41, 5.74) is 1.75. The lowest BCUT2D eigenvalue weighted by Crippen LogP contribution is -2.56. The fourth-order valence-corrected chi connectivity index (χ4v) is 5.66. The molecule has 5 rings (SSSR count). The third-order valence-electron chi connectivity index (χ3n) is 6.96. The second-order valence-electron chi connectivity index (χ2n) is 7.96. The van der Waals surface area contributed by atoms with Gasteiger partial charge in [0.05, 0.1) is 23.4 Å². The number of aliphatic carboxylic acids is 1. The summed E-state index contributed by atoms with van der Waals surface area (Å²) in [5, 5.41) is 12.7. The molecule has 1 aromatic carbocycles. The molecule has 2 N–H and O–H groups in total. The van der Waals surface area contributed by atoms with Crippen molar-refractivity contribution in [3.63, 3.8) is 0 Å². The van der Waals surface area contributed by atoms with Gasteiger partial charge in [-0.2, -0.15) is 0 Å². The van der Waals surface area contributed by atoms with Crippen molar-refractivity contribution in [3.05, 3.63) is 41.7 Å². The van der Waals surface area contributed by atoms with E-state index >= 15 is 0 Å². The number of carboxylic acid groups (broad SMARTS) is 1. The highest BCUT2D eigenvalue weighted by molar-refractivity contribution is 6.07. The van der Waals surface area contributed by atoms with Crippen molar-refractivity contribution in [1.29, 1.82) is 0 Å². The molecule has 4 aliphatic heterocycles. The molecule has 26 heavy (non-hydrogen) atoms. The van der Waals surface area contributed by atoms with Crippen molar-refractivity contribution in [3.8, 4) is 0 Å². The largest absolute Gasteiger partial charge is 0.497 e. The van der Waals surface area contributed by atoms with Crippen LogP contribution in [0.4, 0.5) is 5.69 Å². The van der Waals surface area contributed by atoms with Crippen LogP contribution in [0.3, 0.4) is 0 Å². The average molecular weight is 354 g/mol. The summed E-state index contributed by atoms with van der Waals surface area (Å²) in [6.07, 6.45) is 2.87. The smallest absolute Gasteiger partial charge is 0.334 e. The molecule has 0 unspecified atom stereocenters. The highest BCUT2D eigenvalue weighted by atomic mass is 16.5. The minimum absolute atomic E-state index is 0.00899. The van der Waals surface area contributed by atoms with Crippen LogP contribution in [0, 0.1) is 11.8 Å². The maximum atomic E-state index is 13.1. The lowest BCUT2D eigenvalue weighted by Gasteiger charge is -2.47. The Morgan fingerprint density at radius 1 is 1.38 bits per heavy atom. The van der Waals surface area contributed by atoms with Crippen LogP contribution >= 0.6 is 0 Å². The number of carbonyl (C=O) groups excluding carboxylic acids is 1. The van der Waals surface area contributed by atoms with Gasteiger partial charge in [-0.25, -0.2) is 4.79 Å². The zero-order valence-corrected chi connectivity index (χ0v) is 14.6. The van der Waals surface area contributed by atoms with Gasteiger partial charge in [0.2, 0.25) is 5.91 Å². The van der Waals surface area contributed by atoms with E-state index in [-0.39, 0.29) is 29.9 Å². The third-order valence-corrected chi connectivity index (χ3v) is 6.96. The predicted molar refractivity (Wildman–Crippen MR) is 94.6 cm³/mol. The average Bonchev–Trinajstić information content (AvgIpc) is 3.14. The summed E-state index contributed by atoms with van der Waals surface area (Å²) in [7, 11) is 0. The minimum atomic E-state index is -0.913. The summed E-state index contributed by atoms with van der Waals surface area (Å²) in [5.74, 6) is -0.778. The fraction of sp³-hybridized carbons (Fsp3) is 0.500. The normalized spacial score (nSPS) is 38.0. The molecule has 6 heteroatoms. The number of piperidine rings is 1. The van der Waals surface area contributed by atoms with Crippen LogP contribution < -0.4 is 5.32 Å². The van der Waals surface area contributed by atoms with Gasteiger partial charge in [-0.05, 0) is 37.9 Å². The first-order valence-corrected chi connectivity index (χ1v) is 9.26. The van der Waals surface area contributed by atoms with Gasteiger partial charge in [-0.3, -0.25) is 9.69 Å². The standard InChI is InChI=1S/C20H22N2O4/c1-11-13-9-22-7-6-20(15-4-2-3-5-16(15)21-19(20)25)17(22)8-12(13)14(10-26-11)18(23)24/h2-5,10-13,17H,6-9H2,1H3,(H,21,25)(H,23,24)/t11-,12-,13+,17-,20+/m0/s1. The van der Waals surface area contributed by atoms with Crippen molar-refractivity contribution >= 4 is 17.6 Å². The van der Waals surface area contributed by atoms with E-state index in [2.05, 4.69) is 10.2 Å². The molecule has 2 fully saturated rings. The van der Waals surface area contributed by atoms with E-state index in [0.29, 0.717) is 12.0 Å². The molecule has 1 amide bonds. The first kappa shape index (κ1) is 15.9. The molecule has 4 heterocycles. The van der Waals surface area contributed by atoms with E-state index < -0.39 is 11.4 Å². The number of fused-ring (bicyclic) bond motifs is 5. The number of hydrogen-bond acceptors (Lipinski definition) is 4. The maximum absolute atomic E-state index is 13.1. The highest BCUT2D eigenvalue weighted by Gasteiger charge is 2.61. The van der Waals surface area contributed by atoms with Gasteiger partial charge in [0.25, 0.3) is 0 Å². The first-order chi connectivity index (χ1) is 12.5. The third kappa shape index (κ3) is 1.91. The van der Waals surface area contributed by atoms with Gasteiger partial charge in [0, 0.05) is 30.1 Å². The molecule has 2 saturated heterocycles. The molecule has 136 valence electrons. The highest BCUT2D eigenvalue weighted by Crippen LogP contribution is 2.53. The number of nitrogens with one attached hydrogen (secondary N) is 1. The molecule has 0 bridgehead atoms. The summed E-state index contributed by atoms with van der Waals surface area (Å²) < 4.78 is 5.62. The molecule has 4 aliphatic rings. The molecule has 0 radical (unpaired) electrons. The Balaban J connectivity index is 1.57. The molecule has 1 aromatic rings. The van der Waals surface area contributed by atoms with E-state index in [1.165, 1.54) is 6.26 Å². The maximum Gasteiger partial charge on any atom is 0.334 e. The lowest BCUT2D eigenvalue weighted by atomic mass is 9.66. The van der Waals surface area contributed by atoms with Crippen LogP contribution in [0.5, 0.6) is 0 Å². The molecule has 1 spiro atoms. The monoisotopic (exact) mass is 354 g/mol. The Bertz CT molecular complexity index is 835. The van der Waals surface area contributed by atoms with Crippen molar-refractivity contribution in [1.82, 2.24) is 4.90 Å². The number of anilines is 1. The Hall–Kier alpha value is -2.34. The number of para-hydroxylation sites is 1. The number of carbonyl (C=O) groups is 2. The second kappa shape index (κ2) is 5.33. The van der Waals surface area contributed by atoms with Crippen molar-refractivity contribution in [2.45, 2.75) is 37.3 Å². The second-order valence-corrected chi connectivity index (χ2v) is 7.96. The van der Waals surface area contributed by atoms with Gasteiger partial charge in [0.15, 0.2) is 0 Å². The molecular weight excluding hydrogens is 332 g/mol. The van der Waals surface area contributed by atoms with E-state index in [1.807, 2.05) is 31.2 Å². The molecule has 0 saturated carbocycles. The molecule has 0 aliphatic carbocycles. The SMILES string of the molecule is C[C@@H]1OC=C(C(=O)O)[C@H]2C[C@@H]3N(CC[C@]34C(=O)Nc3ccccc34)C[C@H]12. The van der Waals surface area contributed by atoms with Gasteiger partial charge in [0.1, 0.15) is 0 Å². The van der Waals surface area contributed by atoms with E-state index in [1.54, 1.807) is 0 Å². The van der Waals surface area contributed by atoms with Crippen LogP contribution in [0.25, 0.3) is 0 Å². The van der Waals surface area contributed by atoms with Crippen LogP contribution in [0.1, 0.15) is 25.3 Å². The number of hydrogen-bond donors (Lipinski definition) is 2. The Morgan fingerprint density at radius 2 is 2.19 bits per heavy atom. The number of nitrogens with zero attached hydrogens (tertiary/aromatic N) is 1. The van der Waals surface area contributed by atoms with E-state index in [0.717, 1.165) is 30.8 Å². The number of rotatable bonds is 1. The van der Waals surface area contributed by atoms with E-state index in [9.17, 15) is 14.7 Å². The summed E-state index contributed by atoms with van der Waals surface area (Å²) in [6.45, 7) is 3.64. The zero-order chi connectivity index (χ0) is 18.1. The van der Waals surface area contributed by atoms with Crippen molar-refractivity contribution in [2.75, 3.05) is 18.4 Å². The van der Waals surface area contributed by atoms with Gasteiger partial charge < -0.3 is 15.2 Å². The van der Waals surface area contributed by atoms with Crippen LogP contribution in [-0.4, -0.2) is 47.1 Å². The quantitative estimate of drug-likeness (QED) is 0.806. The number of ether oxygens (including phenoxy) is 1. The Morgan fingerprint density at radius 3 is 3.00 bits per heavy atom. The molecule has 6 nitrogen and oxygen atoms in total. The summed E-state index contributed by atoms with van der Waals surface area (Å²) in [4.78, 5) is 27.2. The Labute approximate surface area is 151 Å². The van der Waals surface area contributed by atoms with Crippen LogP contribution in [-0.2, 0) is 19.7 Å².